The first kappa shape index (κ1) is 12.1. The molecule has 0 aromatic carbocycles. The van der Waals surface area contributed by atoms with E-state index in [-0.39, 0.29) is 5.97 Å². The van der Waals surface area contributed by atoms with Gasteiger partial charge in [0, 0.05) is 37.4 Å². The maximum atomic E-state index is 11.0. The van der Waals surface area contributed by atoms with E-state index < -0.39 is 0 Å². The SMILES string of the molecule is COC(=O)CCc1ncc(C2CCOCC2)[nH]1. The number of ether oxygens (including phenoxy) is 2. The molecule has 0 aliphatic carbocycles. The Morgan fingerprint density at radius 1 is 1.59 bits per heavy atom. The normalized spacial score (nSPS) is 17.0. The predicted molar refractivity (Wildman–Crippen MR) is 61.7 cm³/mol. The van der Waals surface area contributed by atoms with E-state index in [1.807, 2.05) is 6.20 Å². The first-order valence-corrected chi connectivity index (χ1v) is 5.98. The van der Waals surface area contributed by atoms with Crippen LogP contribution in [-0.2, 0) is 20.7 Å². The third-order valence-corrected chi connectivity index (χ3v) is 3.10. The third kappa shape index (κ3) is 3.30. The lowest BCUT2D eigenvalue weighted by atomic mass is 9.97. The van der Waals surface area contributed by atoms with E-state index in [1.165, 1.54) is 7.11 Å². The van der Waals surface area contributed by atoms with Gasteiger partial charge in [-0.2, -0.15) is 0 Å². The first-order chi connectivity index (χ1) is 8.29. The number of aromatic nitrogens is 2. The van der Waals surface area contributed by atoms with Gasteiger partial charge < -0.3 is 14.5 Å². The fraction of sp³-hybridized carbons (Fsp3) is 0.667. The Morgan fingerprint density at radius 3 is 3.06 bits per heavy atom. The molecule has 1 fully saturated rings. The summed E-state index contributed by atoms with van der Waals surface area (Å²) in [7, 11) is 1.40. The van der Waals surface area contributed by atoms with Crippen LogP contribution in [0.1, 0.15) is 36.7 Å². The number of esters is 1. The molecule has 17 heavy (non-hydrogen) atoms. The van der Waals surface area contributed by atoms with Gasteiger partial charge in [0.05, 0.1) is 13.5 Å². The van der Waals surface area contributed by atoms with E-state index >= 15 is 0 Å². The van der Waals surface area contributed by atoms with Crippen LogP contribution < -0.4 is 0 Å². The molecular weight excluding hydrogens is 220 g/mol. The molecule has 2 heterocycles. The summed E-state index contributed by atoms with van der Waals surface area (Å²) in [6.45, 7) is 1.64. The highest BCUT2D eigenvalue weighted by atomic mass is 16.5. The summed E-state index contributed by atoms with van der Waals surface area (Å²) in [5.41, 5.74) is 1.16. The standard InChI is InChI=1S/C12H18N2O3/c1-16-12(15)3-2-11-13-8-10(14-11)9-4-6-17-7-5-9/h8-9H,2-7H2,1H3,(H,13,14). The van der Waals surface area contributed by atoms with Gasteiger partial charge in [-0.3, -0.25) is 4.79 Å². The summed E-state index contributed by atoms with van der Waals surface area (Å²) in [5, 5.41) is 0. The van der Waals surface area contributed by atoms with Crippen molar-refractivity contribution in [2.24, 2.45) is 0 Å². The van der Waals surface area contributed by atoms with E-state index in [4.69, 9.17) is 4.74 Å². The number of nitrogens with one attached hydrogen (secondary N) is 1. The lowest BCUT2D eigenvalue weighted by Gasteiger charge is -2.20. The van der Waals surface area contributed by atoms with Crippen LogP contribution in [0.25, 0.3) is 0 Å². The topological polar surface area (TPSA) is 64.2 Å². The third-order valence-electron chi connectivity index (χ3n) is 3.10. The van der Waals surface area contributed by atoms with Gasteiger partial charge in [0.25, 0.3) is 0 Å². The smallest absolute Gasteiger partial charge is 0.305 e. The van der Waals surface area contributed by atoms with Crippen LogP contribution in [0.15, 0.2) is 6.20 Å². The Morgan fingerprint density at radius 2 is 2.35 bits per heavy atom. The molecule has 0 bridgehead atoms. The number of aryl methyl sites for hydroxylation is 1. The lowest BCUT2D eigenvalue weighted by Crippen LogP contribution is -2.14. The number of rotatable bonds is 4. The van der Waals surface area contributed by atoms with Crippen molar-refractivity contribution < 1.29 is 14.3 Å². The number of aromatic amines is 1. The van der Waals surface area contributed by atoms with Crippen molar-refractivity contribution in [2.45, 2.75) is 31.6 Å². The van der Waals surface area contributed by atoms with Crippen LogP contribution >= 0.6 is 0 Å². The molecule has 94 valence electrons. The number of carbonyl (C=O) groups is 1. The summed E-state index contributed by atoms with van der Waals surface area (Å²) in [6, 6.07) is 0. The molecule has 5 heteroatoms. The second kappa shape index (κ2) is 5.82. The number of nitrogens with zero attached hydrogens (tertiary/aromatic N) is 1. The largest absolute Gasteiger partial charge is 0.469 e. The molecular formula is C12H18N2O3. The van der Waals surface area contributed by atoms with Gasteiger partial charge in [-0.25, -0.2) is 4.98 Å². The number of H-pyrrole nitrogens is 1. The van der Waals surface area contributed by atoms with Crippen LogP contribution in [0.5, 0.6) is 0 Å². The Balaban J connectivity index is 1.88. The van der Waals surface area contributed by atoms with Crippen molar-refractivity contribution in [3.8, 4) is 0 Å². The van der Waals surface area contributed by atoms with Crippen molar-refractivity contribution >= 4 is 5.97 Å². The van der Waals surface area contributed by atoms with Gasteiger partial charge in [0.1, 0.15) is 5.82 Å². The number of methoxy groups -OCH3 is 1. The van der Waals surface area contributed by atoms with Crippen molar-refractivity contribution in [1.29, 1.82) is 0 Å². The van der Waals surface area contributed by atoms with E-state index in [9.17, 15) is 4.79 Å². The van der Waals surface area contributed by atoms with Gasteiger partial charge >= 0.3 is 5.97 Å². The zero-order chi connectivity index (χ0) is 12.1. The molecule has 1 saturated heterocycles. The average Bonchev–Trinajstić information content (AvgIpc) is 2.86. The van der Waals surface area contributed by atoms with Crippen molar-refractivity contribution in [3.63, 3.8) is 0 Å². The van der Waals surface area contributed by atoms with Crippen LogP contribution in [0.2, 0.25) is 0 Å². The monoisotopic (exact) mass is 238 g/mol. The van der Waals surface area contributed by atoms with E-state index in [2.05, 4.69) is 14.7 Å². The minimum Gasteiger partial charge on any atom is -0.469 e. The van der Waals surface area contributed by atoms with Gasteiger partial charge in [0.2, 0.25) is 0 Å². The fourth-order valence-electron chi connectivity index (χ4n) is 2.04. The van der Waals surface area contributed by atoms with E-state index in [0.717, 1.165) is 37.6 Å². The molecule has 0 amide bonds. The van der Waals surface area contributed by atoms with E-state index in [1.54, 1.807) is 0 Å². The highest BCUT2D eigenvalue weighted by molar-refractivity contribution is 5.69. The Hall–Kier alpha value is -1.36. The number of hydrogen-bond donors (Lipinski definition) is 1. The maximum absolute atomic E-state index is 11.0. The first-order valence-electron chi connectivity index (χ1n) is 5.98. The van der Waals surface area contributed by atoms with Gasteiger partial charge in [-0.1, -0.05) is 0 Å². The Kier molecular flexibility index (Phi) is 4.14. The minimum atomic E-state index is -0.200. The van der Waals surface area contributed by atoms with Crippen LogP contribution in [0, 0.1) is 0 Å². The predicted octanol–water partition coefficient (Wildman–Crippen LogP) is 1.41. The molecule has 1 N–H and O–H groups in total. The summed E-state index contributed by atoms with van der Waals surface area (Å²) in [4.78, 5) is 18.6. The molecule has 1 aromatic rings. The number of carbonyl (C=O) groups excluding carboxylic acids is 1. The van der Waals surface area contributed by atoms with Gasteiger partial charge in [0.15, 0.2) is 0 Å². The molecule has 0 saturated carbocycles. The second-order valence-electron chi connectivity index (χ2n) is 4.25. The maximum Gasteiger partial charge on any atom is 0.305 e. The van der Waals surface area contributed by atoms with Crippen LogP contribution in [0.4, 0.5) is 0 Å². The van der Waals surface area contributed by atoms with E-state index in [0.29, 0.717) is 18.8 Å². The van der Waals surface area contributed by atoms with Crippen molar-refractivity contribution in [1.82, 2.24) is 9.97 Å². The zero-order valence-corrected chi connectivity index (χ0v) is 10.1. The molecule has 2 rings (SSSR count). The molecule has 0 radical (unpaired) electrons. The highest BCUT2D eigenvalue weighted by Gasteiger charge is 2.18. The summed E-state index contributed by atoms with van der Waals surface area (Å²) >= 11 is 0. The second-order valence-corrected chi connectivity index (χ2v) is 4.25. The quantitative estimate of drug-likeness (QED) is 0.805. The molecule has 5 nitrogen and oxygen atoms in total. The molecule has 0 atom stereocenters. The Labute approximate surface area is 101 Å². The summed E-state index contributed by atoms with van der Waals surface area (Å²) < 4.78 is 9.92. The summed E-state index contributed by atoms with van der Waals surface area (Å²) in [6.07, 6.45) is 4.94. The summed E-state index contributed by atoms with van der Waals surface area (Å²) in [5.74, 6) is 1.18. The molecule has 1 aliphatic heterocycles. The number of imidazole rings is 1. The number of hydrogen-bond acceptors (Lipinski definition) is 4. The van der Waals surface area contributed by atoms with Crippen LogP contribution in [-0.4, -0.2) is 36.3 Å². The molecule has 0 spiro atoms. The molecule has 1 aliphatic rings. The minimum absolute atomic E-state index is 0.200. The fourth-order valence-corrected chi connectivity index (χ4v) is 2.04. The van der Waals surface area contributed by atoms with Crippen molar-refractivity contribution in [3.05, 3.63) is 17.7 Å². The van der Waals surface area contributed by atoms with Gasteiger partial charge in [-0.15, -0.1) is 0 Å². The zero-order valence-electron chi connectivity index (χ0n) is 10.1. The van der Waals surface area contributed by atoms with Crippen LogP contribution in [0.3, 0.4) is 0 Å². The molecule has 0 unspecified atom stereocenters. The van der Waals surface area contributed by atoms with Gasteiger partial charge in [-0.05, 0) is 12.8 Å². The van der Waals surface area contributed by atoms with Crippen molar-refractivity contribution in [2.75, 3.05) is 20.3 Å². The lowest BCUT2D eigenvalue weighted by molar-refractivity contribution is -0.140. The highest BCUT2D eigenvalue weighted by Crippen LogP contribution is 2.25. The molecule has 1 aromatic heterocycles. The average molecular weight is 238 g/mol. The Bertz CT molecular complexity index is 370.